The lowest BCUT2D eigenvalue weighted by atomic mass is 9.91. The highest BCUT2D eigenvalue weighted by Crippen LogP contribution is 2.42. The van der Waals surface area contributed by atoms with Crippen LogP contribution in [0.1, 0.15) is 67.3 Å². The van der Waals surface area contributed by atoms with E-state index in [1.54, 1.807) is 59.4 Å². The zero-order valence-electron chi connectivity index (χ0n) is 22.7. The molecule has 0 aliphatic heterocycles. The van der Waals surface area contributed by atoms with Crippen molar-refractivity contribution in [3.63, 3.8) is 0 Å². The minimum Gasteiger partial charge on any atom is -0.587 e. The number of aryl methyl sites for hydroxylation is 1. The maximum Gasteiger partial charge on any atom is 0.416 e. The van der Waals surface area contributed by atoms with Crippen LogP contribution in [0.25, 0.3) is 11.0 Å². The topological polar surface area (TPSA) is 76.4 Å². The number of alkyl halides is 3. The van der Waals surface area contributed by atoms with Crippen LogP contribution in [0.2, 0.25) is 0 Å². The molecule has 1 fully saturated rings. The number of ether oxygens (including phenoxy) is 2. The third-order valence-electron chi connectivity index (χ3n) is 7.27. The Morgan fingerprint density at radius 1 is 1.10 bits per heavy atom. The molecule has 1 unspecified atom stereocenters. The number of benzene rings is 2. The lowest BCUT2D eigenvalue weighted by Crippen LogP contribution is -2.17. The van der Waals surface area contributed by atoms with Gasteiger partial charge in [0.2, 0.25) is 0 Å². The van der Waals surface area contributed by atoms with Gasteiger partial charge in [0.05, 0.1) is 30.5 Å². The molecule has 6 nitrogen and oxygen atoms in total. The van der Waals surface area contributed by atoms with Crippen LogP contribution in [0.4, 0.5) is 13.2 Å². The summed E-state index contributed by atoms with van der Waals surface area (Å²) in [6, 6.07) is 16.9. The minimum absolute atomic E-state index is 0.0586. The summed E-state index contributed by atoms with van der Waals surface area (Å²) < 4.78 is 67.7. The number of carbonyl (C=O) groups excluding carboxylic acids is 1. The average Bonchev–Trinajstić information content (AvgIpc) is 3.63. The van der Waals surface area contributed by atoms with E-state index in [9.17, 15) is 22.5 Å². The number of carbonyl (C=O) groups is 1. The molecule has 216 valence electrons. The Labute approximate surface area is 239 Å². The number of halogens is 3. The molecular formula is C31H31F3N2O4S. The highest BCUT2D eigenvalue weighted by molar-refractivity contribution is 7.90. The van der Waals surface area contributed by atoms with E-state index in [4.69, 9.17) is 9.47 Å². The molecule has 2 aromatic heterocycles. The van der Waals surface area contributed by atoms with Crippen molar-refractivity contribution in [2.75, 3.05) is 6.61 Å². The lowest BCUT2D eigenvalue weighted by molar-refractivity contribution is -0.143. The molecule has 1 atom stereocenters. The van der Waals surface area contributed by atoms with Crippen molar-refractivity contribution in [1.29, 1.82) is 0 Å². The maximum atomic E-state index is 13.9. The Kier molecular flexibility index (Phi) is 8.89. The fourth-order valence-electron chi connectivity index (χ4n) is 5.35. The zero-order chi connectivity index (χ0) is 29.0. The van der Waals surface area contributed by atoms with Crippen molar-refractivity contribution in [2.45, 2.75) is 69.0 Å². The molecule has 0 radical (unpaired) electrons. The Hall–Kier alpha value is -3.50. The molecular weight excluding hydrogens is 553 g/mol. The largest absolute Gasteiger partial charge is 0.587 e. The number of rotatable bonds is 10. The highest BCUT2D eigenvalue weighted by Gasteiger charge is 2.36. The van der Waals surface area contributed by atoms with Crippen molar-refractivity contribution in [2.24, 2.45) is 0 Å². The van der Waals surface area contributed by atoms with Crippen LogP contribution in [0.5, 0.6) is 5.75 Å². The molecule has 1 saturated carbocycles. The molecule has 0 saturated heterocycles. The molecule has 0 bridgehead atoms. The molecule has 5 rings (SSSR count). The van der Waals surface area contributed by atoms with E-state index in [1.165, 1.54) is 12.3 Å². The second-order valence-electron chi connectivity index (χ2n) is 10.1. The van der Waals surface area contributed by atoms with E-state index < -0.39 is 23.1 Å². The van der Waals surface area contributed by atoms with Crippen molar-refractivity contribution in [1.82, 2.24) is 8.96 Å². The number of fused-ring (bicyclic) bond motifs is 1. The van der Waals surface area contributed by atoms with Gasteiger partial charge in [0.1, 0.15) is 23.7 Å². The summed E-state index contributed by atoms with van der Waals surface area (Å²) in [5.41, 5.74) is 1.27. The Morgan fingerprint density at radius 2 is 1.85 bits per heavy atom. The normalized spacial score (nSPS) is 14.9. The molecule has 4 aromatic rings. The van der Waals surface area contributed by atoms with E-state index in [0.717, 1.165) is 25.7 Å². The molecule has 0 N–H and O–H groups in total. The van der Waals surface area contributed by atoms with Crippen molar-refractivity contribution in [3.05, 3.63) is 89.2 Å². The third kappa shape index (κ3) is 6.70. The molecule has 2 aromatic carbocycles. The molecule has 41 heavy (non-hydrogen) atoms. The van der Waals surface area contributed by atoms with Gasteiger partial charge < -0.3 is 14.0 Å². The number of esters is 1. The zero-order valence-corrected chi connectivity index (χ0v) is 23.5. The second kappa shape index (κ2) is 12.6. The summed E-state index contributed by atoms with van der Waals surface area (Å²) in [4.78, 5) is 17.1. The van der Waals surface area contributed by atoms with E-state index in [2.05, 4.69) is 4.98 Å². The number of hydrogen-bond donors (Lipinski definition) is 0. The Bertz CT molecular complexity index is 1500. The molecule has 1 aliphatic rings. The number of hydrogen-bond acceptors (Lipinski definition) is 5. The molecule has 0 spiro atoms. The van der Waals surface area contributed by atoms with Gasteiger partial charge in [-0.2, -0.15) is 13.2 Å². The summed E-state index contributed by atoms with van der Waals surface area (Å²) >= 11 is -1.62. The van der Waals surface area contributed by atoms with Gasteiger partial charge in [-0.3, -0.25) is 4.79 Å². The van der Waals surface area contributed by atoms with E-state index >= 15 is 0 Å². The summed E-state index contributed by atoms with van der Waals surface area (Å²) in [6.07, 6.45) is 0.887. The summed E-state index contributed by atoms with van der Waals surface area (Å²) in [7, 11) is 0. The van der Waals surface area contributed by atoms with Gasteiger partial charge in [-0.05, 0) is 67.1 Å². The average molecular weight is 585 g/mol. The first-order chi connectivity index (χ1) is 19.7. The van der Waals surface area contributed by atoms with Gasteiger partial charge >= 0.3 is 12.1 Å². The predicted octanol–water partition coefficient (Wildman–Crippen LogP) is 7.36. The van der Waals surface area contributed by atoms with Gasteiger partial charge in [-0.15, -0.1) is 3.97 Å². The van der Waals surface area contributed by atoms with Crippen molar-refractivity contribution < 1.29 is 32.0 Å². The van der Waals surface area contributed by atoms with E-state index in [0.29, 0.717) is 38.5 Å². The maximum absolute atomic E-state index is 13.9. The van der Waals surface area contributed by atoms with Crippen molar-refractivity contribution in [3.8, 4) is 5.75 Å². The van der Waals surface area contributed by atoms with Crippen LogP contribution in [0.15, 0.2) is 71.8 Å². The van der Waals surface area contributed by atoms with Crippen LogP contribution in [-0.2, 0) is 40.1 Å². The first-order valence-corrected chi connectivity index (χ1v) is 14.8. The smallest absolute Gasteiger partial charge is 0.416 e. The predicted molar refractivity (Wildman–Crippen MR) is 150 cm³/mol. The van der Waals surface area contributed by atoms with E-state index in [-0.39, 0.29) is 37.9 Å². The monoisotopic (exact) mass is 584 g/mol. The van der Waals surface area contributed by atoms with Crippen molar-refractivity contribution >= 4 is 28.4 Å². The summed E-state index contributed by atoms with van der Waals surface area (Å²) in [6.45, 7) is 1.94. The van der Waals surface area contributed by atoms with Crippen LogP contribution in [-0.4, -0.2) is 26.1 Å². The van der Waals surface area contributed by atoms with Gasteiger partial charge in [-0.25, -0.2) is 4.98 Å². The van der Waals surface area contributed by atoms with Gasteiger partial charge in [0.25, 0.3) is 0 Å². The number of aromatic nitrogens is 2. The van der Waals surface area contributed by atoms with E-state index in [1.807, 2.05) is 6.07 Å². The fraction of sp³-hybridized carbons (Fsp3) is 0.355. The molecule has 0 amide bonds. The van der Waals surface area contributed by atoms with Gasteiger partial charge in [0, 0.05) is 11.8 Å². The summed E-state index contributed by atoms with van der Waals surface area (Å²) in [5.74, 6) is -0.0498. The molecule has 10 heteroatoms. The fourth-order valence-corrected chi connectivity index (χ4v) is 6.61. The highest BCUT2D eigenvalue weighted by atomic mass is 32.2. The quantitative estimate of drug-likeness (QED) is 0.144. The number of nitrogens with zero attached hydrogens (tertiary/aromatic N) is 2. The SMILES string of the molecule is CCOC(=O)CCc1cc2cc(OCc3ccc(C4CCCC4)c(C(F)(F)F)c3)cnc2n1[S+]([O-])c1ccccc1. The lowest BCUT2D eigenvalue weighted by Gasteiger charge is -2.19. The Balaban J connectivity index is 1.40. The van der Waals surface area contributed by atoms with Gasteiger partial charge in [-0.1, -0.05) is 43.2 Å². The Morgan fingerprint density at radius 3 is 2.56 bits per heavy atom. The minimum atomic E-state index is -4.44. The second-order valence-corrected chi connectivity index (χ2v) is 11.4. The molecule has 1 aliphatic carbocycles. The number of pyridine rings is 1. The molecule has 2 heterocycles. The standard InChI is InChI=1S/C31H31F3N2O4S/c1-2-39-29(37)15-13-24-17-23-18-25(19-35-30(23)36(24)41(38)26-10-4-3-5-11-26)40-20-21-12-14-27(22-8-6-7-9-22)28(16-21)31(32,33)34/h3-5,10-12,14,16-19,22H,2,6-9,13,15,20H2,1H3. The summed E-state index contributed by atoms with van der Waals surface area (Å²) in [5, 5.41) is 0.637. The van der Waals surface area contributed by atoms with Crippen LogP contribution in [0.3, 0.4) is 0 Å². The first kappa shape index (κ1) is 29.0. The van der Waals surface area contributed by atoms with Crippen LogP contribution in [0, 0.1) is 0 Å². The van der Waals surface area contributed by atoms with Crippen LogP contribution >= 0.6 is 0 Å². The first-order valence-electron chi connectivity index (χ1n) is 13.7. The third-order valence-corrected chi connectivity index (χ3v) is 8.68. The van der Waals surface area contributed by atoms with Gasteiger partial charge in [0.15, 0.2) is 10.5 Å². The van der Waals surface area contributed by atoms with Crippen LogP contribution < -0.4 is 4.74 Å².